The second-order valence-corrected chi connectivity index (χ2v) is 5.10. The molecule has 1 fully saturated rings. The summed E-state index contributed by atoms with van der Waals surface area (Å²) in [6, 6.07) is 2.83. The molecule has 0 aliphatic heterocycles. The van der Waals surface area contributed by atoms with Gasteiger partial charge in [0.2, 0.25) is 0 Å². The molecule has 1 N–H and O–H groups in total. The van der Waals surface area contributed by atoms with Gasteiger partial charge in [-0.25, -0.2) is 4.39 Å². The van der Waals surface area contributed by atoms with E-state index in [0.29, 0.717) is 19.4 Å². The second kappa shape index (κ2) is 5.54. The molecule has 1 aromatic carbocycles. The van der Waals surface area contributed by atoms with Crippen molar-refractivity contribution in [2.24, 2.45) is 5.92 Å². The highest BCUT2D eigenvalue weighted by Crippen LogP contribution is 2.28. The lowest BCUT2D eigenvalue weighted by Crippen LogP contribution is -2.39. The standard InChI is InChI=1S/C13H15FN2O4/c1-15(7-8-4-10(17)5-8)13(18)11-6-9(14)2-3-12(11)16(19)20/h2-3,6,8,10,17H,4-5,7H2,1H3. The van der Waals surface area contributed by atoms with Crippen molar-refractivity contribution in [1.82, 2.24) is 4.90 Å². The number of aliphatic hydroxyl groups excluding tert-OH is 1. The summed E-state index contributed by atoms with van der Waals surface area (Å²) in [5, 5.41) is 20.1. The Kier molecular flexibility index (Phi) is 3.99. The van der Waals surface area contributed by atoms with Gasteiger partial charge >= 0.3 is 0 Å². The number of halogens is 1. The van der Waals surface area contributed by atoms with E-state index < -0.39 is 22.3 Å². The molecule has 0 bridgehead atoms. The zero-order chi connectivity index (χ0) is 14.9. The maximum Gasteiger partial charge on any atom is 0.282 e. The first kappa shape index (κ1) is 14.4. The summed E-state index contributed by atoms with van der Waals surface area (Å²) < 4.78 is 13.2. The molecule has 0 heterocycles. The first-order valence-corrected chi connectivity index (χ1v) is 6.26. The summed E-state index contributed by atoms with van der Waals surface area (Å²) in [6.45, 7) is 0.392. The van der Waals surface area contributed by atoms with E-state index in [9.17, 15) is 24.4 Å². The molecule has 1 aliphatic rings. The number of hydrogen-bond acceptors (Lipinski definition) is 4. The first-order valence-electron chi connectivity index (χ1n) is 6.26. The van der Waals surface area contributed by atoms with Gasteiger partial charge in [-0.1, -0.05) is 0 Å². The third-order valence-electron chi connectivity index (χ3n) is 3.48. The van der Waals surface area contributed by atoms with Gasteiger partial charge in [0, 0.05) is 19.7 Å². The lowest BCUT2D eigenvalue weighted by Gasteiger charge is -2.34. The molecule has 2 rings (SSSR count). The van der Waals surface area contributed by atoms with Gasteiger partial charge in [-0.2, -0.15) is 0 Å². The van der Waals surface area contributed by atoms with Gasteiger partial charge in [0.1, 0.15) is 11.4 Å². The summed E-state index contributed by atoms with van der Waals surface area (Å²) in [4.78, 5) is 23.7. The van der Waals surface area contributed by atoms with E-state index in [1.165, 1.54) is 11.9 Å². The number of carbonyl (C=O) groups is 1. The van der Waals surface area contributed by atoms with Crippen LogP contribution >= 0.6 is 0 Å². The van der Waals surface area contributed by atoms with Crippen LogP contribution in [0.2, 0.25) is 0 Å². The molecular formula is C13H15FN2O4. The minimum Gasteiger partial charge on any atom is -0.393 e. The van der Waals surface area contributed by atoms with Crippen molar-refractivity contribution >= 4 is 11.6 Å². The van der Waals surface area contributed by atoms with E-state index in [-0.39, 0.29) is 17.6 Å². The number of nitrogens with zero attached hydrogens (tertiary/aromatic N) is 2. The fourth-order valence-corrected chi connectivity index (χ4v) is 2.36. The largest absolute Gasteiger partial charge is 0.393 e. The van der Waals surface area contributed by atoms with Crippen LogP contribution in [0.25, 0.3) is 0 Å². The molecule has 20 heavy (non-hydrogen) atoms. The van der Waals surface area contributed by atoms with Crippen molar-refractivity contribution in [2.45, 2.75) is 18.9 Å². The monoisotopic (exact) mass is 282 g/mol. The number of hydrogen-bond donors (Lipinski definition) is 1. The number of benzene rings is 1. The molecule has 1 aromatic rings. The van der Waals surface area contributed by atoms with Gasteiger partial charge in [0.05, 0.1) is 11.0 Å². The average Bonchev–Trinajstić information content (AvgIpc) is 2.35. The summed E-state index contributed by atoms with van der Waals surface area (Å²) in [5.41, 5.74) is -0.658. The van der Waals surface area contributed by atoms with Gasteiger partial charge < -0.3 is 10.0 Å². The van der Waals surface area contributed by atoms with Crippen LogP contribution in [-0.2, 0) is 0 Å². The zero-order valence-electron chi connectivity index (χ0n) is 11.0. The highest BCUT2D eigenvalue weighted by molar-refractivity contribution is 5.98. The molecule has 1 aliphatic carbocycles. The lowest BCUT2D eigenvalue weighted by molar-refractivity contribution is -0.385. The van der Waals surface area contributed by atoms with Gasteiger partial charge in [-0.05, 0) is 30.9 Å². The van der Waals surface area contributed by atoms with Crippen LogP contribution in [0.4, 0.5) is 10.1 Å². The number of amides is 1. The van der Waals surface area contributed by atoms with E-state index in [2.05, 4.69) is 0 Å². The maximum atomic E-state index is 13.2. The Morgan fingerprint density at radius 1 is 1.55 bits per heavy atom. The Labute approximate surface area is 115 Å². The number of aliphatic hydroxyl groups is 1. The molecule has 0 unspecified atom stereocenters. The van der Waals surface area contributed by atoms with E-state index in [0.717, 1.165) is 18.2 Å². The molecule has 0 radical (unpaired) electrons. The summed E-state index contributed by atoms with van der Waals surface area (Å²) in [5.74, 6) is -1.09. The molecule has 0 aromatic heterocycles. The van der Waals surface area contributed by atoms with Crippen molar-refractivity contribution in [3.8, 4) is 0 Å². The number of carbonyl (C=O) groups excluding carboxylic acids is 1. The third kappa shape index (κ3) is 2.93. The fourth-order valence-electron chi connectivity index (χ4n) is 2.36. The highest BCUT2D eigenvalue weighted by Gasteiger charge is 2.31. The zero-order valence-corrected chi connectivity index (χ0v) is 11.0. The molecule has 0 spiro atoms. The molecule has 1 saturated carbocycles. The Hall–Kier alpha value is -2.02. The van der Waals surface area contributed by atoms with Gasteiger partial charge in [-0.3, -0.25) is 14.9 Å². The summed E-state index contributed by atoms with van der Waals surface area (Å²) in [7, 11) is 1.52. The Bertz CT molecular complexity index is 543. The molecular weight excluding hydrogens is 267 g/mol. The molecule has 0 saturated heterocycles. The highest BCUT2D eigenvalue weighted by atomic mass is 19.1. The van der Waals surface area contributed by atoms with Crippen molar-refractivity contribution in [3.63, 3.8) is 0 Å². The van der Waals surface area contributed by atoms with Crippen molar-refractivity contribution in [2.75, 3.05) is 13.6 Å². The van der Waals surface area contributed by atoms with Gasteiger partial charge in [-0.15, -0.1) is 0 Å². The van der Waals surface area contributed by atoms with Crippen molar-refractivity contribution in [1.29, 1.82) is 0 Å². The predicted molar refractivity (Wildman–Crippen MR) is 68.7 cm³/mol. The maximum absolute atomic E-state index is 13.2. The SMILES string of the molecule is CN(CC1CC(O)C1)C(=O)c1cc(F)ccc1[N+](=O)[O-]. The summed E-state index contributed by atoms with van der Waals surface area (Å²) in [6.07, 6.45) is 0.901. The van der Waals surface area contributed by atoms with E-state index in [4.69, 9.17) is 0 Å². The predicted octanol–water partition coefficient (Wildman–Crippen LogP) is 1.58. The Morgan fingerprint density at radius 2 is 2.20 bits per heavy atom. The van der Waals surface area contributed by atoms with Crippen LogP contribution in [0, 0.1) is 21.8 Å². The molecule has 108 valence electrons. The normalized spacial score (nSPS) is 21.1. The Morgan fingerprint density at radius 3 is 2.75 bits per heavy atom. The average molecular weight is 282 g/mol. The van der Waals surface area contributed by atoms with Crippen LogP contribution in [0.5, 0.6) is 0 Å². The van der Waals surface area contributed by atoms with Gasteiger partial charge in [0.25, 0.3) is 11.6 Å². The Balaban J connectivity index is 2.15. The summed E-state index contributed by atoms with van der Waals surface area (Å²) >= 11 is 0. The first-order chi connectivity index (χ1) is 9.38. The van der Waals surface area contributed by atoms with Crippen LogP contribution in [0.15, 0.2) is 18.2 Å². The van der Waals surface area contributed by atoms with E-state index in [1.54, 1.807) is 0 Å². The van der Waals surface area contributed by atoms with E-state index >= 15 is 0 Å². The minimum absolute atomic E-state index is 0.187. The molecule has 7 heteroatoms. The topological polar surface area (TPSA) is 83.7 Å². The quantitative estimate of drug-likeness (QED) is 0.671. The smallest absolute Gasteiger partial charge is 0.282 e. The van der Waals surface area contributed by atoms with Crippen molar-refractivity contribution < 1.29 is 19.2 Å². The minimum atomic E-state index is -0.701. The van der Waals surface area contributed by atoms with Crippen LogP contribution in [0.1, 0.15) is 23.2 Å². The number of nitro benzene ring substituents is 1. The second-order valence-electron chi connectivity index (χ2n) is 5.10. The van der Waals surface area contributed by atoms with Crippen LogP contribution in [-0.4, -0.2) is 40.5 Å². The molecule has 6 nitrogen and oxygen atoms in total. The lowest BCUT2D eigenvalue weighted by atomic mass is 9.82. The number of nitro groups is 1. The van der Waals surface area contributed by atoms with Crippen LogP contribution in [0.3, 0.4) is 0 Å². The molecule has 1 amide bonds. The fraction of sp³-hybridized carbons (Fsp3) is 0.462. The third-order valence-corrected chi connectivity index (χ3v) is 3.48. The van der Waals surface area contributed by atoms with Crippen LogP contribution < -0.4 is 0 Å². The van der Waals surface area contributed by atoms with Gasteiger partial charge in [0.15, 0.2) is 0 Å². The molecule has 0 atom stereocenters. The number of rotatable bonds is 4. The van der Waals surface area contributed by atoms with E-state index in [1.807, 2.05) is 0 Å². The van der Waals surface area contributed by atoms with Crippen molar-refractivity contribution in [3.05, 3.63) is 39.7 Å².